The van der Waals surface area contributed by atoms with Gasteiger partial charge in [-0.05, 0) is 38.0 Å². The number of hydrogen-bond donors (Lipinski definition) is 1. The standard InChI is InChI=1S/C23H24ClN5O3/c1-14-18(15(2)27(3)26-14)21(30)19-20(16-6-4-7-17(24)12-16)29(23(32)22(19)31)10-5-9-28-11-8-25-13-28/h4,6-8,11-13,20,30H,5,9-10H2,1-3H3. The van der Waals surface area contributed by atoms with E-state index in [1.165, 1.54) is 4.90 Å². The molecule has 32 heavy (non-hydrogen) atoms. The van der Waals surface area contributed by atoms with Gasteiger partial charge in [0.2, 0.25) is 0 Å². The number of ketones is 1. The van der Waals surface area contributed by atoms with Crippen molar-refractivity contribution in [3.8, 4) is 0 Å². The van der Waals surface area contributed by atoms with Gasteiger partial charge in [0, 0.05) is 43.2 Å². The number of likely N-dealkylation sites (tertiary alicyclic amines) is 1. The molecule has 1 atom stereocenters. The van der Waals surface area contributed by atoms with Crippen molar-refractivity contribution in [1.82, 2.24) is 24.2 Å². The van der Waals surface area contributed by atoms with Crippen LogP contribution in [-0.2, 0) is 23.2 Å². The van der Waals surface area contributed by atoms with Gasteiger partial charge in [-0.15, -0.1) is 0 Å². The predicted octanol–water partition coefficient (Wildman–Crippen LogP) is 3.40. The van der Waals surface area contributed by atoms with E-state index in [1.807, 2.05) is 23.8 Å². The third kappa shape index (κ3) is 3.82. The number of aromatic nitrogens is 4. The maximum atomic E-state index is 13.1. The molecule has 8 nitrogen and oxygen atoms in total. The molecule has 166 valence electrons. The maximum Gasteiger partial charge on any atom is 0.295 e. The number of carbonyl (C=O) groups excluding carboxylic acids is 2. The fourth-order valence-electron chi connectivity index (χ4n) is 4.23. The maximum absolute atomic E-state index is 13.1. The second-order valence-electron chi connectivity index (χ2n) is 7.87. The molecule has 1 aliphatic heterocycles. The van der Waals surface area contributed by atoms with Crippen molar-refractivity contribution in [2.45, 2.75) is 32.9 Å². The first kappa shape index (κ1) is 21.8. The summed E-state index contributed by atoms with van der Waals surface area (Å²) in [5, 5.41) is 16.1. The summed E-state index contributed by atoms with van der Waals surface area (Å²) in [7, 11) is 1.77. The van der Waals surface area contributed by atoms with Crippen LogP contribution >= 0.6 is 11.6 Å². The summed E-state index contributed by atoms with van der Waals surface area (Å²) in [5.74, 6) is -1.56. The van der Waals surface area contributed by atoms with Crippen LogP contribution < -0.4 is 0 Å². The number of amides is 1. The average Bonchev–Trinajstić information content (AvgIpc) is 3.42. The van der Waals surface area contributed by atoms with E-state index in [0.29, 0.717) is 47.0 Å². The number of aliphatic hydroxyl groups is 1. The van der Waals surface area contributed by atoms with Gasteiger partial charge in [0.25, 0.3) is 11.7 Å². The summed E-state index contributed by atoms with van der Waals surface area (Å²) < 4.78 is 3.55. The zero-order chi connectivity index (χ0) is 23.0. The molecule has 0 saturated carbocycles. The van der Waals surface area contributed by atoms with Crippen LogP contribution in [-0.4, -0.2) is 47.6 Å². The molecule has 1 N–H and O–H groups in total. The number of nitrogens with zero attached hydrogens (tertiary/aromatic N) is 5. The molecule has 1 aromatic carbocycles. The number of halogens is 1. The predicted molar refractivity (Wildman–Crippen MR) is 120 cm³/mol. The van der Waals surface area contributed by atoms with Crippen LogP contribution in [0.2, 0.25) is 5.02 Å². The Bertz CT molecular complexity index is 1210. The molecular weight excluding hydrogens is 430 g/mol. The van der Waals surface area contributed by atoms with Gasteiger partial charge in [0.05, 0.1) is 29.2 Å². The molecule has 4 rings (SSSR count). The highest BCUT2D eigenvalue weighted by Crippen LogP contribution is 2.41. The Labute approximate surface area is 190 Å². The molecule has 2 aromatic heterocycles. The zero-order valence-electron chi connectivity index (χ0n) is 18.1. The minimum atomic E-state index is -0.740. The number of aryl methyl sites for hydroxylation is 3. The molecule has 1 saturated heterocycles. The van der Waals surface area contributed by atoms with E-state index in [1.54, 1.807) is 49.4 Å². The van der Waals surface area contributed by atoms with Crippen molar-refractivity contribution < 1.29 is 14.7 Å². The fraction of sp³-hybridized carbons (Fsp3) is 0.304. The topological polar surface area (TPSA) is 93.2 Å². The Morgan fingerprint density at radius 2 is 2.00 bits per heavy atom. The molecule has 1 amide bonds. The molecule has 9 heteroatoms. The number of benzene rings is 1. The minimum absolute atomic E-state index is 0.0547. The first-order valence-electron chi connectivity index (χ1n) is 10.3. The van der Waals surface area contributed by atoms with E-state index in [4.69, 9.17) is 11.6 Å². The smallest absolute Gasteiger partial charge is 0.295 e. The Morgan fingerprint density at radius 1 is 1.22 bits per heavy atom. The Kier molecular flexibility index (Phi) is 5.88. The molecule has 1 fully saturated rings. The van der Waals surface area contributed by atoms with Gasteiger partial charge in [-0.2, -0.15) is 5.10 Å². The highest BCUT2D eigenvalue weighted by Gasteiger charge is 2.46. The van der Waals surface area contributed by atoms with Crippen LogP contribution in [0.25, 0.3) is 5.76 Å². The molecule has 1 aliphatic rings. The van der Waals surface area contributed by atoms with Crippen LogP contribution in [0.5, 0.6) is 0 Å². The largest absolute Gasteiger partial charge is 0.507 e. The van der Waals surface area contributed by atoms with Gasteiger partial charge >= 0.3 is 0 Å². The average molecular weight is 454 g/mol. The van der Waals surface area contributed by atoms with Crippen LogP contribution in [0.15, 0.2) is 48.6 Å². The molecule has 0 aliphatic carbocycles. The second kappa shape index (κ2) is 8.63. The van der Waals surface area contributed by atoms with Gasteiger partial charge in [-0.1, -0.05) is 23.7 Å². The lowest BCUT2D eigenvalue weighted by atomic mass is 9.94. The Morgan fingerprint density at radius 3 is 2.62 bits per heavy atom. The van der Waals surface area contributed by atoms with E-state index < -0.39 is 17.7 Å². The summed E-state index contributed by atoms with van der Waals surface area (Å²) in [6.07, 6.45) is 5.86. The van der Waals surface area contributed by atoms with E-state index in [-0.39, 0.29) is 11.3 Å². The Balaban J connectivity index is 1.79. The van der Waals surface area contributed by atoms with Crippen molar-refractivity contribution in [1.29, 1.82) is 0 Å². The molecular formula is C23H24ClN5O3. The second-order valence-corrected chi connectivity index (χ2v) is 8.31. The van der Waals surface area contributed by atoms with E-state index >= 15 is 0 Å². The van der Waals surface area contributed by atoms with E-state index in [0.717, 1.165) is 0 Å². The summed E-state index contributed by atoms with van der Waals surface area (Å²) in [6.45, 7) is 4.55. The van der Waals surface area contributed by atoms with Gasteiger partial charge in [-0.3, -0.25) is 14.3 Å². The SMILES string of the molecule is Cc1nn(C)c(C)c1C(O)=C1C(=O)C(=O)N(CCCn2ccnc2)C1c1cccc(Cl)c1. The number of imidazole rings is 1. The zero-order valence-corrected chi connectivity index (χ0v) is 18.9. The van der Waals surface area contributed by atoms with Crippen LogP contribution in [0.3, 0.4) is 0 Å². The highest BCUT2D eigenvalue weighted by atomic mass is 35.5. The molecule has 3 aromatic rings. The van der Waals surface area contributed by atoms with Crippen LogP contribution in [0, 0.1) is 13.8 Å². The van der Waals surface area contributed by atoms with Crippen molar-refractivity contribution in [2.75, 3.05) is 6.54 Å². The van der Waals surface area contributed by atoms with Crippen molar-refractivity contribution >= 4 is 29.1 Å². The van der Waals surface area contributed by atoms with Crippen molar-refractivity contribution in [3.63, 3.8) is 0 Å². The third-order valence-corrected chi connectivity index (χ3v) is 6.06. The fourth-order valence-corrected chi connectivity index (χ4v) is 4.43. The lowest BCUT2D eigenvalue weighted by Crippen LogP contribution is -2.31. The first-order chi connectivity index (χ1) is 15.3. The highest BCUT2D eigenvalue weighted by molar-refractivity contribution is 6.46. The van der Waals surface area contributed by atoms with E-state index in [2.05, 4.69) is 10.1 Å². The lowest BCUT2D eigenvalue weighted by molar-refractivity contribution is -0.139. The first-order valence-corrected chi connectivity index (χ1v) is 10.7. The van der Waals surface area contributed by atoms with Gasteiger partial charge in [0.1, 0.15) is 5.76 Å². The Hall–Kier alpha value is -3.39. The lowest BCUT2D eigenvalue weighted by Gasteiger charge is -2.25. The third-order valence-electron chi connectivity index (χ3n) is 5.82. The van der Waals surface area contributed by atoms with Crippen molar-refractivity contribution in [2.24, 2.45) is 7.05 Å². The molecule has 0 bridgehead atoms. The van der Waals surface area contributed by atoms with Crippen LogP contribution in [0.1, 0.15) is 35.0 Å². The van der Waals surface area contributed by atoms with Gasteiger partial charge < -0.3 is 14.6 Å². The summed E-state index contributed by atoms with van der Waals surface area (Å²) in [4.78, 5) is 31.7. The number of carbonyl (C=O) groups is 2. The molecule has 0 spiro atoms. The summed E-state index contributed by atoms with van der Waals surface area (Å²) in [5.41, 5.74) is 2.48. The molecule has 0 radical (unpaired) electrons. The quantitative estimate of drug-likeness (QED) is 0.351. The van der Waals surface area contributed by atoms with E-state index in [9.17, 15) is 14.7 Å². The normalized spacial score (nSPS) is 18.0. The summed E-state index contributed by atoms with van der Waals surface area (Å²) >= 11 is 6.22. The number of Topliss-reactive ketones (excluding diaryl/α,β-unsaturated/α-hetero) is 1. The molecule has 3 heterocycles. The molecule has 1 unspecified atom stereocenters. The monoisotopic (exact) mass is 453 g/mol. The number of aliphatic hydroxyl groups excluding tert-OH is 1. The number of hydrogen-bond acceptors (Lipinski definition) is 5. The van der Waals surface area contributed by atoms with Gasteiger partial charge in [-0.25, -0.2) is 4.98 Å². The summed E-state index contributed by atoms with van der Waals surface area (Å²) in [6, 6.07) is 6.28. The minimum Gasteiger partial charge on any atom is -0.507 e. The van der Waals surface area contributed by atoms with Crippen molar-refractivity contribution in [3.05, 3.63) is 76.1 Å². The number of rotatable bonds is 6. The van der Waals surface area contributed by atoms with Crippen LogP contribution in [0.4, 0.5) is 0 Å². The van der Waals surface area contributed by atoms with Gasteiger partial charge in [0.15, 0.2) is 0 Å².